The van der Waals surface area contributed by atoms with Crippen LogP contribution in [0.15, 0.2) is 54.9 Å². The minimum absolute atomic E-state index is 0.0319. The van der Waals surface area contributed by atoms with Gasteiger partial charge < -0.3 is 9.84 Å². The number of alkyl halides is 2. The molecule has 3 heterocycles. The maximum absolute atomic E-state index is 15.8. The number of tetrazole rings is 1. The van der Waals surface area contributed by atoms with Gasteiger partial charge in [-0.1, -0.05) is 6.07 Å². The van der Waals surface area contributed by atoms with E-state index in [9.17, 15) is 13.9 Å². The van der Waals surface area contributed by atoms with Crippen LogP contribution in [-0.4, -0.2) is 30.3 Å². The molecule has 0 aliphatic carbocycles. The van der Waals surface area contributed by atoms with Crippen LogP contribution >= 0.6 is 11.3 Å². The number of hydrogen-bond donors (Lipinski definition) is 1. The Balaban J connectivity index is 1.70. The maximum atomic E-state index is 15.8. The molecule has 1 unspecified atom stereocenters. The highest BCUT2D eigenvalue weighted by molar-refractivity contribution is 7.12. The predicted octanol–water partition coefficient (Wildman–Crippen LogP) is 3.54. The number of rotatable bonds is 8. The second-order valence-corrected chi connectivity index (χ2v) is 8.26. The van der Waals surface area contributed by atoms with Crippen LogP contribution in [0.25, 0.3) is 0 Å². The molecule has 0 radical (unpaired) electrons. The number of halogens is 4. The van der Waals surface area contributed by atoms with E-state index < -0.39 is 41.0 Å². The molecule has 0 aliphatic heterocycles. The number of ether oxygens (including phenoxy) is 1. The Morgan fingerprint density at radius 2 is 1.97 bits per heavy atom. The van der Waals surface area contributed by atoms with Crippen molar-refractivity contribution in [2.24, 2.45) is 0 Å². The number of benzene rings is 1. The van der Waals surface area contributed by atoms with Gasteiger partial charge in [-0.15, -0.1) is 16.4 Å². The molecule has 0 spiro atoms. The highest BCUT2D eigenvalue weighted by atomic mass is 32.1. The van der Waals surface area contributed by atoms with Crippen molar-refractivity contribution in [1.82, 2.24) is 25.2 Å². The Labute approximate surface area is 193 Å². The van der Waals surface area contributed by atoms with Gasteiger partial charge in [-0.25, -0.2) is 18.4 Å². The van der Waals surface area contributed by atoms with Gasteiger partial charge in [0.1, 0.15) is 41.2 Å². The van der Waals surface area contributed by atoms with Crippen LogP contribution in [0.2, 0.25) is 0 Å². The van der Waals surface area contributed by atoms with Crippen molar-refractivity contribution in [2.75, 3.05) is 0 Å². The third-order valence-electron chi connectivity index (χ3n) is 4.86. The average molecular weight is 490 g/mol. The zero-order valence-corrected chi connectivity index (χ0v) is 17.9. The van der Waals surface area contributed by atoms with Gasteiger partial charge in [-0.05, 0) is 40.8 Å². The second kappa shape index (κ2) is 9.16. The molecule has 4 rings (SSSR count). The summed E-state index contributed by atoms with van der Waals surface area (Å²) >= 11 is 1.17. The topological polar surface area (TPSA) is 110 Å². The molecule has 0 aliphatic rings. The van der Waals surface area contributed by atoms with E-state index in [0.29, 0.717) is 15.8 Å². The summed E-state index contributed by atoms with van der Waals surface area (Å²) in [6.07, 6.45) is 0.964. The third kappa shape index (κ3) is 4.45. The summed E-state index contributed by atoms with van der Waals surface area (Å²) in [4.78, 5) is 4.93. The van der Waals surface area contributed by atoms with Crippen molar-refractivity contribution in [3.8, 4) is 11.9 Å². The van der Waals surface area contributed by atoms with Crippen molar-refractivity contribution < 1.29 is 27.4 Å². The summed E-state index contributed by atoms with van der Waals surface area (Å²) in [5.74, 6) is -6.77. The summed E-state index contributed by atoms with van der Waals surface area (Å²) in [6, 6.07) is 10.6. The van der Waals surface area contributed by atoms with Gasteiger partial charge >= 0.3 is 5.92 Å². The lowest BCUT2D eigenvalue weighted by Crippen LogP contribution is -2.48. The summed E-state index contributed by atoms with van der Waals surface area (Å²) in [5, 5.41) is 30.2. The number of aromatic nitrogens is 5. The molecule has 1 aromatic carbocycles. The predicted molar refractivity (Wildman–Crippen MR) is 110 cm³/mol. The number of pyridine rings is 1. The van der Waals surface area contributed by atoms with Gasteiger partial charge in [0.15, 0.2) is 5.60 Å². The maximum Gasteiger partial charge on any atom is 0.323 e. The number of nitrogens with zero attached hydrogens (tertiary/aromatic N) is 6. The minimum Gasteiger partial charge on any atom is -0.472 e. The van der Waals surface area contributed by atoms with E-state index >= 15 is 8.78 Å². The van der Waals surface area contributed by atoms with Gasteiger partial charge in [0.25, 0.3) is 0 Å². The fraction of sp³-hybridized carbons (Fsp3) is 0.190. The highest BCUT2D eigenvalue weighted by Gasteiger charge is 2.58. The standard InChI is InChI=1S/C21H14F4N6O2S/c22-13-4-7-16(17(23)8-13)20(32,11-31-12-27-29-30-31)21(24,25)18-2-1-3-19(28-18)33-10-15-6-5-14(9-26)34-15/h1-8,12,32H,10-11H2. The summed E-state index contributed by atoms with van der Waals surface area (Å²) in [6.45, 7) is -0.996. The Hall–Kier alpha value is -3.89. The Kier molecular flexibility index (Phi) is 6.27. The van der Waals surface area contributed by atoms with E-state index in [1.807, 2.05) is 6.07 Å². The third-order valence-corrected chi connectivity index (χ3v) is 5.82. The van der Waals surface area contributed by atoms with E-state index in [0.717, 1.165) is 29.2 Å². The molecule has 4 aromatic rings. The SMILES string of the molecule is N#Cc1ccc(COc2cccc(C(F)(F)C(O)(Cn3cnnn3)c3ccc(F)cc3F)n2)s1. The Bertz CT molecular complexity index is 1340. The zero-order valence-electron chi connectivity index (χ0n) is 17.1. The largest absolute Gasteiger partial charge is 0.472 e. The molecule has 1 N–H and O–H groups in total. The number of aliphatic hydroxyl groups is 1. The van der Waals surface area contributed by atoms with Crippen LogP contribution in [0.4, 0.5) is 17.6 Å². The summed E-state index contributed by atoms with van der Waals surface area (Å²) in [7, 11) is 0. The van der Waals surface area contributed by atoms with E-state index in [2.05, 4.69) is 20.5 Å². The molecule has 174 valence electrons. The second-order valence-electron chi connectivity index (χ2n) is 7.09. The first-order chi connectivity index (χ1) is 16.2. The first-order valence-corrected chi connectivity index (χ1v) is 10.4. The van der Waals surface area contributed by atoms with Gasteiger partial charge in [0.2, 0.25) is 5.88 Å². The monoisotopic (exact) mass is 490 g/mol. The van der Waals surface area contributed by atoms with Crippen LogP contribution in [0.3, 0.4) is 0 Å². The van der Waals surface area contributed by atoms with Gasteiger partial charge in [0, 0.05) is 22.6 Å². The lowest BCUT2D eigenvalue weighted by Gasteiger charge is -2.35. The highest BCUT2D eigenvalue weighted by Crippen LogP contribution is 2.47. The van der Waals surface area contributed by atoms with Gasteiger partial charge in [0.05, 0.1) is 6.54 Å². The Morgan fingerprint density at radius 3 is 2.65 bits per heavy atom. The molecule has 0 bridgehead atoms. The average Bonchev–Trinajstić information content (AvgIpc) is 3.49. The van der Waals surface area contributed by atoms with Crippen LogP contribution in [0.5, 0.6) is 5.88 Å². The lowest BCUT2D eigenvalue weighted by atomic mass is 9.84. The fourth-order valence-corrected chi connectivity index (χ4v) is 3.93. The molecule has 13 heteroatoms. The smallest absolute Gasteiger partial charge is 0.323 e. The van der Waals surface area contributed by atoms with Crippen molar-refractivity contribution in [1.29, 1.82) is 5.26 Å². The zero-order chi connectivity index (χ0) is 24.3. The number of thiophene rings is 1. The van der Waals surface area contributed by atoms with Crippen LogP contribution in [0.1, 0.15) is 21.0 Å². The number of hydrogen-bond acceptors (Lipinski definition) is 8. The first-order valence-electron chi connectivity index (χ1n) is 9.58. The van der Waals surface area contributed by atoms with Crippen molar-refractivity contribution in [3.05, 3.63) is 87.5 Å². The van der Waals surface area contributed by atoms with E-state index in [1.165, 1.54) is 23.5 Å². The Morgan fingerprint density at radius 1 is 1.15 bits per heavy atom. The normalized spacial score (nSPS) is 13.3. The van der Waals surface area contributed by atoms with Crippen molar-refractivity contribution in [2.45, 2.75) is 24.7 Å². The molecule has 0 amide bonds. The molecule has 0 fully saturated rings. The minimum atomic E-state index is -4.20. The van der Waals surface area contributed by atoms with Gasteiger partial charge in [-0.3, -0.25) is 0 Å². The molecular weight excluding hydrogens is 476 g/mol. The molecule has 0 saturated carbocycles. The van der Waals surface area contributed by atoms with Crippen LogP contribution < -0.4 is 4.74 Å². The molecule has 8 nitrogen and oxygen atoms in total. The fourth-order valence-electron chi connectivity index (χ4n) is 3.21. The number of nitriles is 1. The molecule has 1 atom stereocenters. The van der Waals surface area contributed by atoms with Crippen molar-refractivity contribution >= 4 is 11.3 Å². The molecule has 34 heavy (non-hydrogen) atoms. The first kappa shape index (κ1) is 23.3. The summed E-state index contributed by atoms with van der Waals surface area (Å²) in [5.41, 5.74) is -5.04. The lowest BCUT2D eigenvalue weighted by molar-refractivity contribution is -0.208. The molecule has 3 aromatic heterocycles. The van der Waals surface area contributed by atoms with Crippen LogP contribution in [-0.2, 0) is 24.7 Å². The summed E-state index contributed by atoms with van der Waals surface area (Å²) < 4.78 is 65.9. The van der Waals surface area contributed by atoms with E-state index in [1.54, 1.807) is 12.1 Å². The molecular formula is C21H14F4N6O2S. The quantitative estimate of drug-likeness (QED) is 0.376. The van der Waals surface area contributed by atoms with Crippen molar-refractivity contribution in [3.63, 3.8) is 0 Å². The van der Waals surface area contributed by atoms with E-state index in [-0.39, 0.29) is 12.5 Å². The van der Waals surface area contributed by atoms with Gasteiger partial charge in [-0.2, -0.15) is 14.0 Å². The molecule has 0 saturated heterocycles. The van der Waals surface area contributed by atoms with E-state index in [4.69, 9.17) is 10.00 Å². The van der Waals surface area contributed by atoms with Crippen LogP contribution in [0, 0.1) is 23.0 Å².